The van der Waals surface area contributed by atoms with E-state index in [1.807, 2.05) is 0 Å². The third-order valence-electron chi connectivity index (χ3n) is 1.35. The first-order valence-electron chi connectivity index (χ1n) is 3.27. The van der Waals surface area contributed by atoms with Crippen LogP contribution in [0.2, 0.25) is 0 Å². The Labute approximate surface area is 65.7 Å². The van der Waals surface area contributed by atoms with Crippen LogP contribution in [0.5, 0.6) is 0 Å². The molecule has 0 bridgehead atoms. The summed E-state index contributed by atoms with van der Waals surface area (Å²) < 4.78 is 0. The maximum atomic E-state index is 4.80. The normalized spacial score (nSPS) is 20.5. The fourth-order valence-electron chi connectivity index (χ4n) is 0.687. The fraction of sp³-hybridized carbons (Fsp3) is 0.800. The zero-order chi connectivity index (χ0) is 7.56. The van der Waals surface area contributed by atoms with Gasteiger partial charge >= 0.3 is 0 Å². The molecule has 4 nitrogen and oxygen atoms in total. The van der Waals surface area contributed by atoms with Crippen molar-refractivity contribution in [3.8, 4) is 0 Å². The summed E-state index contributed by atoms with van der Waals surface area (Å²) >= 11 is 4.80. The molecule has 0 aliphatic carbocycles. The van der Waals surface area contributed by atoms with Crippen LogP contribution in [0.15, 0.2) is 0 Å². The summed E-state index contributed by atoms with van der Waals surface area (Å²) in [4.78, 5) is 0. The molecule has 0 spiro atoms. The van der Waals surface area contributed by atoms with Gasteiger partial charge in [0.15, 0.2) is 5.11 Å². The predicted octanol–water partition coefficient (Wildman–Crippen LogP) is -0.545. The summed E-state index contributed by atoms with van der Waals surface area (Å²) in [6.07, 6.45) is 0.228. The number of hydrazine groups is 2. The number of hydrogen-bond acceptors (Lipinski definition) is 3. The predicted molar refractivity (Wildman–Crippen MR) is 43.8 cm³/mol. The summed E-state index contributed by atoms with van der Waals surface area (Å²) in [6.45, 7) is 4.23. The van der Waals surface area contributed by atoms with Crippen molar-refractivity contribution in [2.75, 3.05) is 0 Å². The van der Waals surface area contributed by atoms with Crippen molar-refractivity contribution in [3.05, 3.63) is 0 Å². The highest BCUT2D eigenvalue weighted by molar-refractivity contribution is 7.80. The van der Waals surface area contributed by atoms with Crippen LogP contribution in [-0.2, 0) is 0 Å². The van der Waals surface area contributed by atoms with Crippen LogP contribution in [-0.4, -0.2) is 11.3 Å². The molecule has 1 aliphatic heterocycles. The van der Waals surface area contributed by atoms with Crippen LogP contribution in [0.4, 0.5) is 0 Å². The summed E-state index contributed by atoms with van der Waals surface area (Å²) in [6, 6.07) is 0. The van der Waals surface area contributed by atoms with E-state index in [0.717, 1.165) is 0 Å². The fourth-order valence-corrected chi connectivity index (χ4v) is 0.805. The van der Waals surface area contributed by atoms with Crippen molar-refractivity contribution in [1.82, 2.24) is 21.7 Å². The first-order chi connectivity index (χ1) is 4.70. The highest BCUT2D eigenvalue weighted by atomic mass is 32.1. The van der Waals surface area contributed by atoms with E-state index in [0.29, 0.717) is 11.0 Å². The van der Waals surface area contributed by atoms with Crippen LogP contribution < -0.4 is 21.7 Å². The Morgan fingerprint density at radius 1 is 1.30 bits per heavy atom. The molecule has 0 unspecified atom stereocenters. The molecule has 0 aromatic rings. The van der Waals surface area contributed by atoms with Crippen molar-refractivity contribution in [2.45, 2.75) is 20.0 Å². The molecule has 1 rings (SSSR count). The molecule has 1 aliphatic rings. The minimum atomic E-state index is 0.228. The molecule has 10 heavy (non-hydrogen) atoms. The lowest BCUT2D eigenvalue weighted by Gasteiger charge is -2.30. The molecule has 1 fully saturated rings. The third kappa shape index (κ3) is 1.80. The Morgan fingerprint density at radius 2 is 1.80 bits per heavy atom. The summed E-state index contributed by atoms with van der Waals surface area (Å²) in [5.74, 6) is 0.517. The van der Waals surface area contributed by atoms with E-state index in [1.165, 1.54) is 0 Å². The van der Waals surface area contributed by atoms with Crippen LogP contribution in [0.3, 0.4) is 0 Å². The molecule has 5 heteroatoms. The highest BCUT2D eigenvalue weighted by Gasteiger charge is 2.15. The summed E-state index contributed by atoms with van der Waals surface area (Å²) in [5, 5.41) is 0.580. The minimum Gasteiger partial charge on any atom is -0.296 e. The van der Waals surface area contributed by atoms with Gasteiger partial charge in [-0.25, -0.2) is 10.9 Å². The Bertz CT molecular complexity index is 126. The minimum absolute atomic E-state index is 0.228. The molecule has 4 N–H and O–H groups in total. The van der Waals surface area contributed by atoms with Gasteiger partial charge in [0.2, 0.25) is 0 Å². The number of hydrogen-bond donors (Lipinski definition) is 4. The van der Waals surface area contributed by atoms with Crippen molar-refractivity contribution in [2.24, 2.45) is 5.92 Å². The van der Waals surface area contributed by atoms with E-state index in [-0.39, 0.29) is 6.17 Å². The molecular formula is C5H12N4S. The van der Waals surface area contributed by atoms with Gasteiger partial charge in [0.1, 0.15) is 0 Å². The topological polar surface area (TPSA) is 48.1 Å². The van der Waals surface area contributed by atoms with Gasteiger partial charge in [-0.1, -0.05) is 13.8 Å². The largest absolute Gasteiger partial charge is 0.296 e. The second-order valence-electron chi connectivity index (χ2n) is 2.59. The lowest BCUT2D eigenvalue weighted by atomic mass is 10.2. The smallest absolute Gasteiger partial charge is 0.195 e. The number of thiocarbonyl (C=S) groups is 1. The first kappa shape index (κ1) is 7.71. The standard InChI is InChI=1S/C5H12N4S/c1-3(2)4-6-8-5(10)9-7-4/h3-4,6-7H,1-2H3,(H2,8,9,10). The first-order valence-corrected chi connectivity index (χ1v) is 3.68. The SMILES string of the molecule is CC(C)C1NNC(=S)NN1. The van der Waals surface area contributed by atoms with Gasteiger partial charge in [0.25, 0.3) is 0 Å². The Kier molecular flexibility index (Phi) is 2.42. The second-order valence-corrected chi connectivity index (χ2v) is 3.00. The Hall–Kier alpha value is -0.390. The Morgan fingerprint density at radius 3 is 2.20 bits per heavy atom. The van der Waals surface area contributed by atoms with Crippen molar-refractivity contribution < 1.29 is 0 Å². The molecule has 0 aromatic carbocycles. The van der Waals surface area contributed by atoms with Crippen LogP contribution >= 0.6 is 12.2 Å². The highest BCUT2D eigenvalue weighted by Crippen LogP contribution is 1.96. The summed E-state index contributed by atoms with van der Waals surface area (Å²) in [5.41, 5.74) is 11.6. The molecule has 58 valence electrons. The summed E-state index contributed by atoms with van der Waals surface area (Å²) in [7, 11) is 0. The van der Waals surface area contributed by atoms with Gasteiger partial charge in [-0.15, -0.1) is 0 Å². The molecular weight excluding hydrogens is 148 g/mol. The molecule has 0 saturated carbocycles. The van der Waals surface area contributed by atoms with Gasteiger partial charge in [0.05, 0.1) is 6.17 Å². The Balaban J connectivity index is 2.33. The average molecular weight is 160 g/mol. The van der Waals surface area contributed by atoms with Crippen molar-refractivity contribution in [1.29, 1.82) is 0 Å². The quantitative estimate of drug-likeness (QED) is 0.388. The van der Waals surface area contributed by atoms with Crippen molar-refractivity contribution >= 4 is 17.3 Å². The number of nitrogens with one attached hydrogen (secondary N) is 4. The van der Waals surface area contributed by atoms with E-state index in [9.17, 15) is 0 Å². The van der Waals surface area contributed by atoms with Gasteiger partial charge in [-0.05, 0) is 18.1 Å². The van der Waals surface area contributed by atoms with Gasteiger partial charge in [-0.2, -0.15) is 0 Å². The van der Waals surface area contributed by atoms with Crippen LogP contribution in [0, 0.1) is 5.92 Å². The molecule has 0 amide bonds. The van der Waals surface area contributed by atoms with E-state index in [2.05, 4.69) is 35.6 Å². The molecule has 0 aromatic heterocycles. The maximum absolute atomic E-state index is 4.80. The monoisotopic (exact) mass is 160 g/mol. The lowest BCUT2D eigenvalue weighted by Crippen LogP contribution is -2.67. The average Bonchev–Trinajstić information content (AvgIpc) is 1.88. The number of rotatable bonds is 1. The van der Waals surface area contributed by atoms with E-state index < -0.39 is 0 Å². The van der Waals surface area contributed by atoms with E-state index >= 15 is 0 Å². The van der Waals surface area contributed by atoms with Crippen LogP contribution in [0.1, 0.15) is 13.8 Å². The second kappa shape index (κ2) is 3.14. The lowest BCUT2D eigenvalue weighted by molar-refractivity contribution is 0.281. The van der Waals surface area contributed by atoms with Crippen LogP contribution in [0.25, 0.3) is 0 Å². The van der Waals surface area contributed by atoms with E-state index in [1.54, 1.807) is 0 Å². The molecule has 0 radical (unpaired) electrons. The third-order valence-corrected chi connectivity index (χ3v) is 1.55. The molecule has 0 atom stereocenters. The molecule has 1 heterocycles. The van der Waals surface area contributed by atoms with Gasteiger partial charge < -0.3 is 0 Å². The van der Waals surface area contributed by atoms with Gasteiger partial charge in [-0.3, -0.25) is 10.9 Å². The van der Waals surface area contributed by atoms with Crippen molar-refractivity contribution in [3.63, 3.8) is 0 Å². The zero-order valence-electron chi connectivity index (χ0n) is 6.06. The van der Waals surface area contributed by atoms with E-state index in [4.69, 9.17) is 12.2 Å². The molecule has 1 saturated heterocycles. The zero-order valence-corrected chi connectivity index (χ0v) is 6.88. The maximum Gasteiger partial charge on any atom is 0.195 e. The van der Waals surface area contributed by atoms with Gasteiger partial charge in [0, 0.05) is 0 Å².